The Morgan fingerprint density at radius 3 is 2.37 bits per heavy atom. The van der Waals surface area contributed by atoms with Crippen LogP contribution in [0.25, 0.3) is 27.6 Å². The maximum Gasteiger partial charge on any atom is 0.135 e. The first kappa shape index (κ1) is 25.6. The van der Waals surface area contributed by atoms with Gasteiger partial charge in [-0.3, -0.25) is 0 Å². The van der Waals surface area contributed by atoms with Crippen molar-refractivity contribution in [3.8, 4) is 28.8 Å². The van der Waals surface area contributed by atoms with Crippen LogP contribution >= 0.6 is 0 Å². The number of aromatic nitrogens is 2. The van der Waals surface area contributed by atoms with Crippen LogP contribution in [0, 0.1) is 18.8 Å². The van der Waals surface area contributed by atoms with Gasteiger partial charge in [0.2, 0.25) is 0 Å². The summed E-state index contributed by atoms with van der Waals surface area (Å²) in [6, 6.07) is 45.5. The van der Waals surface area contributed by atoms with Gasteiger partial charge in [-0.05, 0) is 47.9 Å². The molecule has 0 atom stereocenters. The van der Waals surface area contributed by atoms with E-state index in [-0.39, 0.29) is 21.1 Å². The number of anilines is 4. The van der Waals surface area contributed by atoms with Gasteiger partial charge < -0.3 is 23.8 Å². The first-order valence-electron chi connectivity index (χ1n) is 13.7. The van der Waals surface area contributed by atoms with Gasteiger partial charge in [-0.15, -0.1) is 42.4 Å². The Morgan fingerprint density at radius 1 is 0.674 bits per heavy atom. The summed E-state index contributed by atoms with van der Waals surface area (Å²) >= 11 is 0. The summed E-state index contributed by atoms with van der Waals surface area (Å²) in [5, 5.41) is 2.23. The molecule has 2 aromatic heterocycles. The van der Waals surface area contributed by atoms with Gasteiger partial charge in [0.25, 0.3) is 0 Å². The van der Waals surface area contributed by atoms with Gasteiger partial charge in [-0.25, -0.2) is 4.98 Å². The molecular formula is C36H21N4O2Pt-3. The number of benzene rings is 5. The van der Waals surface area contributed by atoms with Crippen molar-refractivity contribution >= 4 is 44.6 Å². The molecule has 7 aromatic rings. The van der Waals surface area contributed by atoms with E-state index in [1.165, 1.54) is 0 Å². The minimum Gasteiger partial charge on any atom is -0.513 e. The number of hydrogen-bond donors (Lipinski definition) is 0. The van der Waals surface area contributed by atoms with Gasteiger partial charge in [0.1, 0.15) is 11.6 Å². The van der Waals surface area contributed by atoms with Gasteiger partial charge in [0, 0.05) is 61.4 Å². The van der Waals surface area contributed by atoms with E-state index in [1.54, 1.807) is 6.20 Å². The molecular weight excluding hydrogens is 715 g/mol. The molecule has 0 N–H and O–H groups in total. The molecule has 9 rings (SSSR count). The average molecular weight is 737 g/mol. The zero-order valence-electron chi connectivity index (χ0n) is 22.5. The fraction of sp³-hybridized carbons (Fsp3) is 0. The van der Waals surface area contributed by atoms with E-state index in [9.17, 15) is 0 Å². The largest absolute Gasteiger partial charge is 0.513 e. The second-order valence-electron chi connectivity index (χ2n) is 10.2. The Labute approximate surface area is 262 Å². The number of fused-ring (bicyclic) bond motifs is 5. The number of para-hydroxylation sites is 3. The Bertz CT molecular complexity index is 2150. The van der Waals surface area contributed by atoms with Crippen molar-refractivity contribution in [1.82, 2.24) is 9.55 Å². The van der Waals surface area contributed by atoms with Crippen molar-refractivity contribution in [3.05, 3.63) is 140 Å². The summed E-state index contributed by atoms with van der Waals surface area (Å²) in [7, 11) is 0. The molecule has 4 heterocycles. The molecule has 5 aromatic carbocycles. The molecule has 2 aliphatic rings. The SMILES string of the molecule is [Pt].[c-]1c(Oc2[c-]c3c(cc2)c2ccccc2n3-c2ccccn2)ccc2c1N1[CH-]N(c3ccccc3)c3cccc(c31)O2. The number of ether oxygens (including phenoxy) is 2. The van der Waals surface area contributed by atoms with Crippen molar-refractivity contribution in [2.45, 2.75) is 0 Å². The third-order valence-electron chi connectivity index (χ3n) is 7.72. The van der Waals surface area contributed by atoms with Crippen molar-refractivity contribution < 1.29 is 30.5 Å². The van der Waals surface area contributed by atoms with Crippen LogP contribution in [0.15, 0.2) is 121 Å². The van der Waals surface area contributed by atoms with Crippen LogP contribution in [0.4, 0.5) is 22.7 Å². The molecule has 0 bridgehead atoms. The van der Waals surface area contributed by atoms with Crippen molar-refractivity contribution in [2.75, 3.05) is 9.80 Å². The molecule has 43 heavy (non-hydrogen) atoms. The Morgan fingerprint density at radius 2 is 1.49 bits per heavy atom. The smallest absolute Gasteiger partial charge is 0.135 e. The van der Waals surface area contributed by atoms with Crippen LogP contribution in [0.2, 0.25) is 0 Å². The van der Waals surface area contributed by atoms with E-state index < -0.39 is 0 Å². The molecule has 0 unspecified atom stereocenters. The monoisotopic (exact) mass is 736 g/mol. The maximum absolute atomic E-state index is 6.39. The standard InChI is InChI=1S/C36H21N4O2.Pt/c1-2-9-24(10-3-1)38-23-39-32-22-26(17-19-33(32)42-34-14-8-13-30(38)36(34)39)41-25-16-18-28-27-11-4-5-12-29(27)40(31(28)21-25)35-15-6-7-20-37-35;/h1-20,23H;/q-3;. The third kappa shape index (κ3) is 4.02. The minimum atomic E-state index is 0. The molecule has 2 aliphatic heterocycles. The van der Waals surface area contributed by atoms with Gasteiger partial charge in [-0.2, -0.15) is 6.07 Å². The Kier molecular flexibility index (Phi) is 5.98. The van der Waals surface area contributed by atoms with E-state index >= 15 is 0 Å². The topological polar surface area (TPSA) is 42.8 Å². The van der Waals surface area contributed by atoms with Crippen LogP contribution in [0.5, 0.6) is 23.0 Å². The first-order valence-corrected chi connectivity index (χ1v) is 13.7. The molecule has 7 heteroatoms. The normalized spacial score (nSPS) is 12.9. The number of nitrogens with zero attached hydrogens (tertiary/aromatic N) is 4. The van der Waals surface area contributed by atoms with E-state index in [4.69, 9.17) is 9.47 Å². The molecule has 0 saturated carbocycles. The zero-order valence-corrected chi connectivity index (χ0v) is 24.8. The Balaban J connectivity index is 0.00000278. The van der Waals surface area contributed by atoms with Crippen LogP contribution in [-0.2, 0) is 21.1 Å². The van der Waals surface area contributed by atoms with Crippen LogP contribution in [0.3, 0.4) is 0 Å². The van der Waals surface area contributed by atoms with E-state index in [1.807, 2.05) is 72.8 Å². The summed E-state index contributed by atoms with van der Waals surface area (Å²) < 4.78 is 14.8. The van der Waals surface area contributed by atoms with Crippen molar-refractivity contribution in [2.24, 2.45) is 0 Å². The molecule has 0 amide bonds. The summed E-state index contributed by atoms with van der Waals surface area (Å²) in [5.74, 6) is 3.51. The molecule has 6 nitrogen and oxygen atoms in total. The fourth-order valence-corrected chi connectivity index (χ4v) is 5.89. The molecule has 0 spiro atoms. The van der Waals surface area contributed by atoms with Crippen molar-refractivity contribution in [3.63, 3.8) is 0 Å². The van der Waals surface area contributed by atoms with Crippen molar-refractivity contribution in [1.29, 1.82) is 0 Å². The summed E-state index contributed by atoms with van der Waals surface area (Å²) in [5.41, 5.74) is 5.85. The van der Waals surface area contributed by atoms with Crippen LogP contribution < -0.4 is 19.3 Å². The zero-order chi connectivity index (χ0) is 27.6. The second-order valence-corrected chi connectivity index (χ2v) is 10.2. The van der Waals surface area contributed by atoms with Gasteiger partial charge in [0.15, 0.2) is 0 Å². The average Bonchev–Trinajstić information content (AvgIpc) is 3.60. The first-order chi connectivity index (χ1) is 20.8. The van der Waals surface area contributed by atoms with E-state index in [2.05, 4.69) is 80.6 Å². The summed E-state index contributed by atoms with van der Waals surface area (Å²) in [6.07, 6.45) is 1.80. The van der Waals surface area contributed by atoms with Crippen LogP contribution in [-0.4, -0.2) is 9.55 Å². The van der Waals surface area contributed by atoms with E-state index in [0.717, 1.165) is 56.1 Å². The number of rotatable bonds is 4. The maximum atomic E-state index is 6.39. The van der Waals surface area contributed by atoms with Gasteiger partial charge in [-0.1, -0.05) is 59.7 Å². The summed E-state index contributed by atoms with van der Waals surface area (Å²) in [4.78, 5) is 8.91. The van der Waals surface area contributed by atoms with Gasteiger partial charge in [0.05, 0.1) is 5.69 Å². The van der Waals surface area contributed by atoms with Crippen LogP contribution in [0.1, 0.15) is 0 Å². The summed E-state index contributed by atoms with van der Waals surface area (Å²) in [6.45, 7) is 2.08. The quantitative estimate of drug-likeness (QED) is 0.169. The minimum absolute atomic E-state index is 0. The number of pyridine rings is 1. The predicted octanol–water partition coefficient (Wildman–Crippen LogP) is 9.08. The third-order valence-corrected chi connectivity index (χ3v) is 7.72. The molecule has 0 fully saturated rings. The molecule has 0 radical (unpaired) electrons. The molecule has 0 aliphatic carbocycles. The fourth-order valence-electron chi connectivity index (χ4n) is 5.89. The van der Waals surface area contributed by atoms with Gasteiger partial charge >= 0.3 is 0 Å². The molecule has 0 saturated heterocycles. The van der Waals surface area contributed by atoms with E-state index in [0.29, 0.717) is 17.2 Å². The molecule has 210 valence electrons. The number of hydrogen-bond acceptors (Lipinski definition) is 5. The Hall–Kier alpha value is -5.06. The predicted molar refractivity (Wildman–Crippen MR) is 164 cm³/mol. The second kappa shape index (κ2) is 10.0.